The van der Waals surface area contributed by atoms with Gasteiger partial charge in [-0.15, -0.1) is 0 Å². The van der Waals surface area contributed by atoms with E-state index < -0.39 is 12.1 Å². The van der Waals surface area contributed by atoms with Gasteiger partial charge in [0.05, 0.1) is 5.56 Å². The summed E-state index contributed by atoms with van der Waals surface area (Å²) in [5.41, 5.74) is 4.29. The van der Waals surface area contributed by atoms with E-state index in [1.807, 2.05) is 63.2 Å². The van der Waals surface area contributed by atoms with Crippen LogP contribution in [0, 0.1) is 20.8 Å². The van der Waals surface area contributed by atoms with Crippen LogP contribution >= 0.6 is 0 Å². The van der Waals surface area contributed by atoms with Crippen molar-refractivity contribution in [3.05, 3.63) is 76.9 Å². The van der Waals surface area contributed by atoms with Gasteiger partial charge in [-0.25, -0.2) is 4.79 Å². The molecule has 4 nitrogen and oxygen atoms in total. The highest BCUT2D eigenvalue weighted by molar-refractivity contribution is 5.99. The summed E-state index contributed by atoms with van der Waals surface area (Å²) in [6.07, 6.45) is -0.899. The number of esters is 1. The molecule has 1 N–H and O–H groups in total. The Labute approximate surface area is 159 Å². The van der Waals surface area contributed by atoms with Crippen LogP contribution in [0.15, 0.2) is 54.6 Å². The lowest BCUT2D eigenvalue weighted by Crippen LogP contribution is -2.30. The number of nitrogens with one attached hydrogen (secondary N) is 1. The first-order chi connectivity index (χ1) is 12.8. The molecule has 0 aliphatic carbocycles. The molecule has 4 heteroatoms. The molecular formula is C23H23NO3. The minimum absolute atomic E-state index is 0.348. The summed E-state index contributed by atoms with van der Waals surface area (Å²) in [7, 11) is 0. The Bertz CT molecular complexity index is 1000. The molecule has 0 radical (unpaired) electrons. The number of ether oxygens (including phenoxy) is 1. The van der Waals surface area contributed by atoms with E-state index >= 15 is 0 Å². The van der Waals surface area contributed by atoms with Gasteiger partial charge in [-0.1, -0.05) is 48.0 Å². The maximum absolute atomic E-state index is 12.5. The van der Waals surface area contributed by atoms with Crippen LogP contribution in [0.3, 0.4) is 0 Å². The van der Waals surface area contributed by atoms with Crippen molar-refractivity contribution in [1.82, 2.24) is 0 Å². The van der Waals surface area contributed by atoms with Crippen LogP contribution in [0.25, 0.3) is 10.8 Å². The zero-order valence-corrected chi connectivity index (χ0v) is 16.0. The van der Waals surface area contributed by atoms with Gasteiger partial charge < -0.3 is 10.1 Å². The van der Waals surface area contributed by atoms with Gasteiger partial charge in [-0.2, -0.15) is 0 Å². The lowest BCUT2D eigenvalue weighted by molar-refractivity contribution is -0.123. The fourth-order valence-corrected chi connectivity index (χ4v) is 3.20. The third-order valence-electron chi connectivity index (χ3n) is 4.56. The monoisotopic (exact) mass is 361 g/mol. The van der Waals surface area contributed by atoms with E-state index in [0.717, 1.165) is 33.2 Å². The minimum Gasteiger partial charge on any atom is -0.449 e. The molecule has 3 aromatic rings. The van der Waals surface area contributed by atoms with Gasteiger partial charge in [-0.3, -0.25) is 4.79 Å². The molecule has 3 aromatic carbocycles. The molecule has 1 unspecified atom stereocenters. The van der Waals surface area contributed by atoms with E-state index in [-0.39, 0.29) is 5.91 Å². The van der Waals surface area contributed by atoms with E-state index in [1.54, 1.807) is 19.1 Å². The number of hydrogen-bond donors (Lipinski definition) is 1. The summed E-state index contributed by atoms with van der Waals surface area (Å²) in [4.78, 5) is 24.9. The smallest absolute Gasteiger partial charge is 0.338 e. The zero-order chi connectivity index (χ0) is 19.6. The molecular weight excluding hydrogens is 338 g/mol. The van der Waals surface area contributed by atoms with Crippen LogP contribution in [-0.4, -0.2) is 18.0 Å². The zero-order valence-electron chi connectivity index (χ0n) is 16.0. The highest BCUT2D eigenvalue weighted by Gasteiger charge is 2.20. The van der Waals surface area contributed by atoms with E-state index in [4.69, 9.17) is 4.74 Å². The molecule has 0 fully saturated rings. The molecule has 0 aromatic heterocycles. The summed E-state index contributed by atoms with van der Waals surface area (Å²) in [6.45, 7) is 7.48. The average Bonchev–Trinajstić information content (AvgIpc) is 2.63. The molecule has 138 valence electrons. The number of carbonyl (C=O) groups excluding carboxylic acids is 2. The van der Waals surface area contributed by atoms with Crippen molar-refractivity contribution in [2.24, 2.45) is 0 Å². The predicted molar refractivity (Wildman–Crippen MR) is 108 cm³/mol. The highest BCUT2D eigenvalue weighted by Crippen LogP contribution is 2.22. The van der Waals surface area contributed by atoms with Gasteiger partial charge >= 0.3 is 5.97 Å². The normalized spacial score (nSPS) is 11.9. The van der Waals surface area contributed by atoms with Crippen LogP contribution in [0.1, 0.15) is 34.0 Å². The van der Waals surface area contributed by atoms with Crippen molar-refractivity contribution in [3.63, 3.8) is 0 Å². The lowest BCUT2D eigenvalue weighted by Gasteiger charge is -2.17. The largest absolute Gasteiger partial charge is 0.449 e. The second-order valence-corrected chi connectivity index (χ2v) is 6.87. The van der Waals surface area contributed by atoms with Gasteiger partial charge in [0.25, 0.3) is 5.91 Å². The van der Waals surface area contributed by atoms with Gasteiger partial charge in [-0.05, 0) is 61.7 Å². The molecule has 0 aliphatic heterocycles. The number of amides is 1. The number of rotatable bonds is 4. The first-order valence-corrected chi connectivity index (χ1v) is 8.93. The number of fused-ring (bicyclic) bond motifs is 1. The molecule has 3 rings (SSSR count). The maximum Gasteiger partial charge on any atom is 0.338 e. The first kappa shape index (κ1) is 18.6. The molecule has 0 saturated heterocycles. The molecule has 0 heterocycles. The fourth-order valence-electron chi connectivity index (χ4n) is 3.20. The Hall–Kier alpha value is -3.14. The molecule has 0 bridgehead atoms. The van der Waals surface area contributed by atoms with Crippen LogP contribution < -0.4 is 5.32 Å². The van der Waals surface area contributed by atoms with Crippen molar-refractivity contribution >= 4 is 28.3 Å². The third-order valence-corrected chi connectivity index (χ3v) is 4.56. The Balaban J connectivity index is 1.71. The van der Waals surface area contributed by atoms with Gasteiger partial charge in [0.1, 0.15) is 0 Å². The van der Waals surface area contributed by atoms with Crippen LogP contribution in [0.5, 0.6) is 0 Å². The predicted octanol–water partition coefficient (Wildman–Crippen LogP) is 4.95. The van der Waals surface area contributed by atoms with Gasteiger partial charge in [0.2, 0.25) is 0 Å². The van der Waals surface area contributed by atoms with Gasteiger partial charge in [0, 0.05) is 5.69 Å². The standard InChI is InChI=1S/C23H23NO3/c1-14-11-15(2)21(16(3)12-14)24-22(25)17(4)27-23(26)20-10-9-18-7-5-6-8-19(18)13-20/h5-13,17H,1-4H3,(H,24,25). The average molecular weight is 361 g/mol. The number of benzene rings is 3. The minimum atomic E-state index is -0.899. The number of carbonyl (C=O) groups is 2. The van der Waals surface area contributed by atoms with E-state index in [1.165, 1.54) is 0 Å². The maximum atomic E-state index is 12.5. The van der Waals surface area contributed by atoms with Crippen LogP contribution in [-0.2, 0) is 9.53 Å². The quantitative estimate of drug-likeness (QED) is 0.669. The molecule has 0 aliphatic rings. The number of hydrogen-bond acceptors (Lipinski definition) is 3. The van der Waals surface area contributed by atoms with Gasteiger partial charge in [0.15, 0.2) is 6.10 Å². The summed E-state index contributed by atoms with van der Waals surface area (Å²) >= 11 is 0. The lowest BCUT2D eigenvalue weighted by atomic mass is 10.0. The third kappa shape index (κ3) is 4.17. The Morgan fingerprint density at radius 3 is 2.19 bits per heavy atom. The Morgan fingerprint density at radius 2 is 1.52 bits per heavy atom. The number of anilines is 1. The second kappa shape index (κ2) is 7.62. The van der Waals surface area contributed by atoms with E-state index in [0.29, 0.717) is 5.56 Å². The van der Waals surface area contributed by atoms with E-state index in [9.17, 15) is 9.59 Å². The van der Waals surface area contributed by atoms with Crippen molar-refractivity contribution in [1.29, 1.82) is 0 Å². The van der Waals surface area contributed by atoms with Crippen molar-refractivity contribution < 1.29 is 14.3 Å². The topological polar surface area (TPSA) is 55.4 Å². The summed E-state index contributed by atoms with van der Waals surface area (Å²) in [5, 5.41) is 4.88. The summed E-state index contributed by atoms with van der Waals surface area (Å²) in [5.74, 6) is -0.861. The van der Waals surface area contributed by atoms with Crippen LogP contribution in [0.4, 0.5) is 5.69 Å². The summed E-state index contributed by atoms with van der Waals surface area (Å²) < 4.78 is 5.37. The van der Waals surface area contributed by atoms with Crippen molar-refractivity contribution in [2.75, 3.05) is 5.32 Å². The van der Waals surface area contributed by atoms with E-state index in [2.05, 4.69) is 5.32 Å². The molecule has 0 spiro atoms. The first-order valence-electron chi connectivity index (χ1n) is 8.93. The fraction of sp³-hybridized carbons (Fsp3) is 0.217. The Kier molecular flexibility index (Phi) is 5.26. The number of aryl methyl sites for hydroxylation is 3. The Morgan fingerprint density at radius 1 is 0.889 bits per heavy atom. The highest BCUT2D eigenvalue weighted by atomic mass is 16.5. The molecule has 1 amide bonds. The molecule has 0 saturated carbocycles. The summed E-state index contributed by atoms with van der Waals surface area (Å²) in [6, 6.07) is 17.2. The van der Waals surface area contributed by atoms with Crippen molar-refractivity contribution in [3.8, 4) is 0 Å². The molecule has 27 heavy (non-hydrogen) atoms. The van der Waals surface area contributed by atoms with Crippen molar-refractivity contribution in [2.45, 2.75) is 33.8 Å². The second-order valence-electron chi connectivity index (χ2n) is 6.87. The van der Waals surface area contributed by atoms with Crippen LogP contribution in [0.2, 0.25) is 0 Å². The molecule has 1 atom stereocenters. The SMILES string of the molecule is Cc1cc(C)c(NC(=O)C(C)OC(=O)c2ccc3ccccc3c2)c(C)c1.